The molecule has 110 valence electrons. The molecule has 2 aromatic carbocycles. The van der Waals surface area contributed by atoms with Crippen molar-refractivity contribution >= 4 is 17.7 Å². The van der Waals surface area contributed by atoms with Gasteiger partial charge >= 0.3 is 0 Å². The number of nitrogens with zero attached hydrogens (tertiary/aromatic N) is 1. The van der Waals surface area contributed by atoms with Crippen molar-refractivity contribution in [3.63, 3.8) is 0 Å². The molecule has 2 aliphatic heterocycles. The van der Waals surface area contributed by atoms with Gasteiger partial charge < -0.3 is 9.64 Å². The first-order valence-corrected chi connectivity index (χ1v) is 7.65. The minimum Gasteiger partial charge on any atom is -0.488 e. The van der Waals surface area contributed by atoms with Crippen LogP contribution in [0.1, 0.15) is 17.5 Å². The van der Waals surface area contributed by atoms with E-state index in [4.69, 9.17) is 4.74 Å². The molecule has 0 saturated heterocycles. The SMILES string of the molecule is O=C(C1=Cc2ccccc2OC1)N1CCCc2ccccc21. The summed E-state index contributed by atoms with van der Waals surface area (Å²) >= 11 is 0. The minimum atomic E-state index is 0.0571. The van der Waals surface area contributed by atoms with Crippen molar-refractivity contribution in [1.29, 1.82) is 0 Å². The Bertz CT molecular complexity index is 764. The highest BCUT2D eigenvalue weighted by Gasteiger charge is 2.26. The second-order valence-corrected chi connectivity index (χ2v) is 5.69. The summed E-state index contributed by atoms with van der Waals surface area (Å²) in [5.41, 5.74) is 3.98. The van der Waals surface area contributed by atoms with E-state index in [9.17, 15) is 4.79 Å². The van der Waals surface area contributed by atoms with E-state index in [-0.39, 0.29) is 5.91 Å². The van der Waals surface area contributed by atoms with E-state index < -0.39 is 0 Å². The second-order valence-electron chi connectivity index (χ2n) is 5.69. The molecule has 3 heteroatoms. The first-order chi connectivity index (χ1) is 10.8. The topological polar surface area (TPSA) is 29.5 Å². The van der Waals surface area contributed by atoms with Gasteiger partial charge in [-0.3, -0.25) is 4.79 Å². The van der Waals surface area contributed by atoms with Crippen molar-refractivity contribution in [2.75, 3.05) is 18.1 Å². The molecule has 2 aromatic rings. The maximum atomic E-state index is 12.9. The average molecular weight is 291 g/mol. The Balaban J connectivity index is 1.68. The van der Waals surface area contributed by atoms with Crippen molar-refractivity contribution in [3.8, 4) is 5.75 Å². The lowest BCUT2D eigenvalue weighted by atomic mass is 10.00. The van der Waals surface area contributed by atoms with Crippen LogP contribution in [0.2, 0.25) is 0 Å². The smallest absolute Gasteiger partial charge is 0.257 e. The third-order valence-corrected chi connectivity index (χ3v) is 4.26. The first-order valence-electron chi connectivity index (χ1n) is 7.65. The van der Waals surface area contributed by atoms with Crippen LogP contribution in [0.3, 0.4) is 0 Å². The third-order valence-electron chi connectivity index (χ3n) is 4.26. The number of hydrogen-bond acceptors (Lipinski definition) is 2. The zero-order valence-corrected chi connectivity index (χ0v) is 12.3. The third kappa shape index (κ3) is 2.19. The minimum absolute atomic E-state index is 0.0571. The van der Waals surface area contributed by atoms with Gasteiger partial charge in [0.05, 0.1) is 5.57 Å². The molecular formula is C19H17NO2. The fourth-order valence-electron chi connectivity index (χ4n) is 3.16. The van der Waals surface area contributed by atoms with Crippen LogP contribution >= 0.6 is 0 Å². The summed E-state index contributed by atoms with van der Waals surface area (Å²) in [5.74, 6) is 0.903. The van der Waals surface area contributed by atoms with Gasteiger partial charge in [-0.15, -0.1) is 0 Å². The molecule has 2 aliphatic rings. The van der Waals surface area contributed by atoms with Crippen molar-refractivity contribution < 1.29 is 9.53 Å². The largest absolute Gasteiger partial charge is 0.488 e. The molecule has 0 atom stereocenters. The highest BCUT2D eigenvalue weighted by Crippen LogP contribution is 2.31. The molecule has 0 aromatic heterocycles. The van der Waals surface area contributed by atoms with E-state index in [1.54, 1.807) is 0 Å². The van der Waals surface area contributed by atoms with Crippen molar-refractivity contribution in [1.82, 2.24) is 0 Å². The van der Waals surface area contributed by atoms with Gasteiger partial charge in [-0.05, 0) is 36.6 Å². The van der Waals surface area contributed by atoms with Crippen LogP contribution in [-0.4, -0.2) is 19.1 Å². The number of aryl methyl sites for hydroxylation is 1. The average Bonchev–Trinajstić information content (AvgIpc) is 2.60. The fraction of sp³-hybridized carbons (Fsp3) is 0.211. The number of benzene rings is 2. The van der Waals surface area contributed by atoms with E-state index in [0.717, 1.165) is 42.0 Å². The first kappa shape index (κ1) is 13.1. The Kier molecular flexibility index (Phi) is 3.19. The Morgan fingerprint density at radius 1 is 1.05 bits per heavy atom. The number of hydrogen-bond donors (Lipinski definition) is 0. The van der Waals surface area contributed by atoms with Crippen molar-refractivity contribution in [2.45, 2.75) is 12.8 Å². The molecule has 2 heterocycles. The number of rotatable bonds is 1. The predicted octanol–water partition coefficient (Wildman–Crippen LogP) is 3.44. The van der Waals surface area contributed by atoms with E-state index in [1.807, 2.05) is 53.4 Å². The molecule has 0 bridgehead atoms. The van der Waals surface area contributed by atoms with Gasteiger partial charge in [-0.25, -0.2) is 0 Å². The molecule has 0 radical (unpaired) electrons. The molecule has 1 amide bonds. The number of carbonyl (C=O) groups excluding carboxylic acids is 1. The maximum absolute atomic E-state index is 12.9. The van der Waals surface area contributed by atoms with Gasteiger partial charge in [0, 0.05) is 17.8 Å². The number of para-hydroxylation sites is 2. The Labute approximate surface area is 129 Å². The Morgan fingerprint density at radius 3 is 2.82 bits per heavy atom. The number of ether oxygens (including phenoxy) is 1. The molecule has 0 spiro atoms. The fourth-order valence-corrected chi connectivity index (χ4v) is 3.16. The summed E-state index contributed by atoms with van der Waals surface area (Å²) in [6, 6.07) is 16.0. The van der Waals surface area contributed by atoms with Crippen LogP contribution < -0.4 is 9.64 Å². The molecule has 0 aliphatic carbocycles. The lowest BCUT2D eigenvalue weighted by Gasteiger charge is -2.31. The van der Waals surface area contributed by atoms with Crippen molar-refractivity contribution in [3.05, 3.63) is 65.2 Å². The molecule has 0 N–H and O–H groups in total. The number of anilines is 1. The van der Waals surface area contributed by atoms with E-state index in [2.05, 4.69) is 6.07 Å². The molecule has 3 nitrogen and oxygen atoms in total. The highest BCUT2D eigenvalue weighted by atomic mass is 16.5. The molecular weight excluding hydrogens is 274 g/mol. The van der Waals surface area contributed by atoms with Gasteiger partial charge in [0.15, 0.2) is 0 Å². The monoisotopic (exact) mass is 291 g/mol. The lowest BCUT2D eigenvalue weighted by Crippen LogP contribution is -2.38. The lowest BCUT2D eigenvalue weighted by molar-refractivity contribution is -0.115. The van der Waals surface area contributed by atoms with Crippen LogP contribution in [-0.2, 0) is 11.2 Å². The van der Waals surface area contributed by atoms with Crippen molar-refractivity contribution in [2.24, 2.45) is 0 Å². The summed E-state index contributed by atoms with van der Waals surface area (Å²) in [4.78, 5) is 14.8. The van der Waals surface area contributed by atoms with Gasteiger partial charge in [0.1, 0.15) is 12.4 Å². The summed E-state index contributed by atoms with van der Waals surface area (Å²) in [6.07, 6.45) is 4.00. The van der Waals surface area contributed by atoms with E-state index in [1.165, 1.54) is 5.56 Å². The second kappa shape index (κ2) is 5.34. The van der Waals surface area contributed by atoms with Gasteiger partial charge in [-0.1, -0.05) is 36.4 Å². The standard InChI is InChI=1S/C19H17NO2/c21-19(16-12-15-7-2-4-10-18(15)22-13-16)20-11-5-8-14-6-1-3-9-17(14)20/h1-4,6-7,9-10,12H,5,8,11,13H2. The van der Waals surface area contributed by atoms with Gasteiger partial charge in [-0.2, -0.15) is 0 Å². The maximum Gasteiger partial charge on any atom is 0.257 e. The summed E-state index contributed by atoms with van der Waals surface area (Å²) in [7, 11) is 0. The normalized spacial score (nSPS) is 16.2. The van der Waals surface area contributed by atoms with Gasteiger partial charge in [0.25, 0.3) is 5.91 Å². The van der Waals surface area contributed by atoms with Crippen LogP contribution in [0.25, 0.3) is 6.08 Å². The van der Waals surface area contributed by atoms with Crippen LogP contribution in [0.4, 0.5) is 5.69 Å². The van der Waals surface area contributed by atoms with Crippen LogP contribution in [0.15, 0.2) is 54.1 Å². The molecule has 22 heavy (non-hydrogen) atoms. The predicted molar refractivity (Wildman–Crippen MR) is 87.0 cm³/mol. The molecule has 4 rings (SSSR count). The summed E-state index contributed by atoms with van der Waals surface area (Å²) in [5, 5.41) is 0. The van der Waals surface area contributed by atoms with E-state index >= 15 is 0 Å². The number of carbonyl (C=O) groups is 1. The molecule has 0 fully saturated rings. The summed E-state index contributed by atoms with van der Waals surface area (Å²) < 4.78 is 5.72. The zero-order valence-electron chi connectivity index (χ0n) is 12.3. The van der Waals surface area contributed by atoms with Crippen LogP contribution in [0.5, 0.6) is 5.75 Å². The molecule has 0 saturated carbocycles. The Morgan fingerprint density at radius 2 is 1.86 bits per heavy atom. The van der Waals surface area contributed by atoms with E-state index in [0.29, 0.717) is 6.61 Å². The quantitative estimate of drug-likeness (QED) is 0.805. The van der Waals surface area contributed by atoms with Crippen LogP contribution in [0, 0.1) is 0 Å². The zero-order chi connectivity index (χ0) is 14.9. The number of fused-ring (bicyclic) bond motifs is 2. The Hall–Kier alpha value is -2.55. The van der Waals surface area contributed by atoms with Gasteiger partial charge in [0.2, 0.25) is 0 Å². The summed E-state index contributed by atoms with van der Waals surface area (Å²) in [6.45, 7) is 1.11. The number of amides is 1. The highest BCUT2D eigenvalue weighted by molar-refractivity contribution is 6.09. The molecule has 0 unspecified atom stereocenters.